The number of hydrogen-bond donors (Lipinski definition) is 0. The summed E-state index contributed by atoms with van der Waals surface area (Å²) in [7, 11) is 6.58. The fourth-order valence-electron chi connectivity index (χ4n) is 2.27. The first-order chi connectivity index (χ1) is 5.81. The van der Waals surface area contributed by atoms with E-state index < -0.39 is 0 Å². The predicted molar refractivity (Wildman–Crippen MR) is 54.3 cm³/mol. The van der Waals surface area contributed by atoms with E-state index >= 15 is 0 Å². The van der Waals surface area contributed by atoms with Crippen LogP contribution in [0.4, 0.5) is 0 Å². The molecular formula is C11H22NO+. The van der Waals surface area contributed by atoms with Crippen molar-refractivity contribution in [3.8, 4) is 0 Å². The molecule has 13 heavy (non-hydrogen) atoms. The van der Waals surface area contributed by atoms with E-state index in [2.05, 4.69) is 35.0 Å². The van der Waals surface area contributed by atoms with Crippen molar-refractivity contribution >= 4 is 5.78 Å². The Morgan fingerprint density at radius 3 is 2.15 bits per heavy atom. The Kier molecular flexibility index (Phi) is 2.81. The summed E-state index contributed by atoms with van der Waals surface area (Å²) in [4.78, 5) is 11.5. The van der Waals surface area contributed by atoms with Crippen LogP contribution in [0.25, 0.3) is 0 Å². The molecular weight excluding hydrogens is 162 g/mol. The molecule has 2 nitrogen and oxygen atoms in total. The Morgan fingerprint density at radius 1 is 1.31 bits per heavy atom. The highest BCUT2D eigenvalue weighted by Crippen LogP contribution is 2.34. The summed E-state index contributed by atoms with van der Waals surface area (Å²) in [6, 6.07) is 0. The molecule has 1 aliphatic rings. The molecule has 0 radical (unpaired) electrons. The molecule has 0 bridgehead atoms. The number of quaternary nitrogens is 1. The van der Waals surface area contributed by atoms with E-state index in [0.717, 1.165) is 17.4 Å². The van der Waals surface area contributed by atoms with Crippen molar-refractivity contribution < 1.29 is 9.28 Å². The monoisotopic (exact) mass is 184 g/mol. The lowest BCUT2D eigenvalue weighted by molar-refractivity contribution is -0.874. The largest absolute Gasteiger partial charge is 0.331 e. The quantitative estimate of drug-likeness (QED) is 0.595. The summed E-state index contributed by atoms with van der Waals surface area (Å²) in [5, 5.41) is 0. The minimum absolute atomic E-state index is 0.288. The van der Waals surface area contributed by atoms with E-state index in [0.29, 0.717) is 17.6 Å². The molecule has 1 aliphatic carbocycles. The van der Waals surface area contributed by atoms with E-state index in [1.54, 1.807) is 0 Å². The number of rotatable bonds is 2. The van der Waals surface area contributed by atoms with Crippen LogP contribution in [-0.4, -0.2) is 38.0 Å². The van der Waals surface area contributed by atoms with Crippen molar-refractivity contribution in [3.05, 3.63) is 0 Å². The maximum atomic E-state index is 11.5. The molecule has 0 aromatic carbocycles. The van der Waals surface area contributed by atoms with Crippen LogP contribution in [-0.2, 0) is 4.79 Å². The normalized spacial score (nSPS) is 35.5. The summed E-state index contributed by atoms with van der Waals surface area (Å²) >= 11 is 0. The van der Waals surface area contributed by atoms with Crippen LogP contribution < -0.4 is 0 Å². The number of hydrogen-bond acceptors (Lipinski definition) is 1. The highest BCUT2D eigenvalue weighted by atomic mass is 16.1. The predicted octanol–water partition coefficient (Wildman–Crippen LogP) is 1.55. The van der Waals surface area contributed by atoms with Crippen molar-refractivity contribution in [2.24, 2.45) is 17.8 Å². The highest BCUT2D eigenvalue weighted by Gasteiger charge is 2.38. The summed E-state index contributed by atoms with van der Waals surface area (Å²) in [5.74, 6) is 1.93. The minimum Gasteiger partial charge on any atom is -0.331 e. The molecule has 0 heterocycles. The van der Waals surface area contributed by atoms with Crippen LogP contribution in [0.3, 0.4) is 0 Å². The molecule has 1 rings (SSSR count). The van der Waals surface area contributed by atoms with Crippen LogP contribution >= 0.6 is 0 Å². The lowest BCUT2D eigenvalue weighted by Gasteiger charge is -2.29. The summed E-state index contributed by atoms with van der Waals surface area (Å²) in [6.07, 6.45) is 0.803. The van der Waals surface area contributed by atoms with Gasteiger partial charge in [0, 0.05) is 18.3 Å². The molecule has 0 amide bonds. The Balaban J connectivity index is 2.59. The van der Waals surface area contributed by atoms with Gasteiger partial charge in [0.15, 0.2) is 0 Å². The Morgan fingerprint density at radius 2 is 1.85 bits per heavy atom. The average Bonchev–Trinajstić information content (AvgIpc) is 2.15. The average molecular weight is 184 g/mol. The van der Waals surface area contributed by atoms with Gasteiger partial charge in [0.05, 0.1) is 27.7 Å². The van der Waals surface area contributed by atoms with Crippen LogP contribution in [0.5, 0.6) is 0 Å². The van der Waals surface area contributed by atoms with Gasteiger partial charge in [0.2, 0.25) is 0 Å². The zero-order valence-electron chi connectivity index (χ0n) is 9.50. The molecule has 1 saturated carbocycles. The van der Waals surface area contributed by atoms with E-state index in [4.69, 9.17) is 0 Å². The minimum atomic E-state index is 0.288. The topological polar surface area (TPSA) is 17.1 Å². The third-order valence-corrected chi connectivity index (χ3v) is 3.29. The second-order valence-electron chi connectivity index (χ2n) is 5.55. The molecule has 0 aromatic heterocycles. The van der Waals surface area contributed by atoms with Gasteiger partial charge in [-0.25, -0.2) is 0 Å². The van der Waals surface area contributed by atoms with Gasteiger partial charge in [-0.3, -0.25) is 4.79 Å². The molecule has 0 aromatic rings. The van der Waals surface area contributed by atoms with Crippen molar-refractivity contribution in [1.29, 1.82) is 0 Å². The number of carbonyl (C=O) groups excluding carboxylic acids is 1. The molecule has 76 valence electrons. The van der Waals surface area contributed by atoms with Gasteiger partial charge in [-0.2, -0.15) is 0 Å². The van der Waals surface area contributed by atoms with Gasteiger partial charge in [-0.1, -0.05) is 13.8 Å². The Labute approximate surface area is 81.5 Å². The SMILES string of the molecule is CC1C(=O)CC(C[N+](C)(C)C)C1C. The summed E-state index contributed by atoms with van der Waals surface area (Å²) in [6.45, 7) is 5.41. The molecule has 3 unspecified atom stereocenters. The van der Waals surface area contributed by atoms with Crippen LogP contribution in [0.15, 0.2) is 0 Å². The molecule has 3 atom stereocenters. The molecule has 0 spiro atoms. The molecule has 0 aliphatic heterocycles. The van der Waals surface area contributed by atoms with Crippen LogP contribution in [0, 0.1) is 17.8 Å². The fraction of sp³-hybridized carbons (Fsp3) is 0.909. The third-order valence-electron chi connectivity index (χ3n) is 3.29. The second kappa shape index (κ2) is 3.41. The third kappa shape index (κ3) is 2.53. The lowest BCUT2D eigenvalue weighted by atomic mass is 9.92. The zero-order chi connectivity index (χ0) is 10.2. The van der Waals surface area contributed by atoms with Gasteiger partial charge in [0.1, 0.15) is 5.78 Å². The first-order valence-electron chi connectivity index (χ1n) is 5.14. The lowest BCUT2D eigenvalue weighted by Crippen LogP contribution is -2.40. The summed E-state index contributed by atoms with van der Waals surface area (Å²) < 4.78 is 0.967. The van der Waals surface area contributed by atoms with Crippen molar-refractivity contribution in [2.75, 3.05) is 27.7 Å². The van der Waals surface area contributed by atoms with Crippen molar-refractivity contribution in [1.82, 2.24) is 0 Å². The fourth-order valence-corrected chi connectivity index (χ4v) is 2.27. The number of carbonyl (C=O) groups is 1. The smallest absolute Gasteiger partial charge is 0.136 e. The Hall–Kier alpha value is -0.370. The standard InChI is InChI=1S/C11H22NO/c1-8-9(2)11(13)6-10(8)7-12(3,4)5/h8-10H,6-7H2,1-5H3/q+1. The number of nitrogens with zero attached hydrogens (tertiary/aromatic N) is 1. The van der Waals surface area contributed by atoms with Gasteiger partial charge >= 0.3 is 0 Å². The molecule has 2 heteroatoms. The first kappa shape index (κ1) is 10.7. The second-order valence-corrected chi connectivity index (χ2v) is 5.55. The molecule has 1 fully saturated rings. The Bertz CT molecular complexity index is 205. The van der Waals surface area contributed by atoms with Crippen molar-refractivity contribution in [2.45, 2.75) is 20.3 Å². The zero-order valence-corrected chi connectivity index (χ0v) is 9.50. The van der Waals surface area contributed by atoms with Gasteiger partial charge in [-0.05, 0) is 5.92 Å². The maximum Gasteiger partial charge on any atom is 0.136 e. The van der Waals surface area contributed by atoms with Crippen LogP contribution in [0.1, 0.15) is 20.3 Å². The number of Topliss-reactive ketones (excluding diaryl/α,β-unsaturated/α-hetero) is 1. The highest BCUT2D eigenvalue weighted by molar-refractivity contribution is 5.83. The van der Waals surface area contributed by atoms with E-state index in [1.165, 1.54) is 0 Å². The maximum absolute atomic E-state index is 11.5. The van der Waals surface area contributed by atoms with E-state index in [1.807, 2.05) is 0 Å². The van der Waals surface area contributed by atoms with Crippen molar-refractivity contribution in [3.63, 3.8) is 0 Å². The van der Waals surface area contributed by atoms with Gasteiger partial charge in [0.25, 0.3) is 0 Å². The molecule has 0 N–H and O–H groups in total. The number of ketones is 1. The molecule has 0 saturated heterocycles. The first-order valence-corrected chi connectivity index (χ1v) is 5.14. The van der Waals surface area contributed by atoms with Gasteiger partial charge in [-0.15, -0.1) is 0 Å². The van der Waals surface area contributed by atoms with Gasteiger partial charge < -0.3 is 4.48 Å². The van der Waals surface area contributed by atoms with E-state index in [-0.39, 0.29) is 5.92 Å². The summed E-state index contributed by atoms with van der Waals surface area (Å²) in [5.41, 5.74) is 0. The van der Waals surface area contributed by atoms with E-state index in [9.17, 15) is 4.79 Å². The van der Waals surface area contributed by atoms with Crippen LogP contribution in [0.2, 0.25) is 0 Å².